The lowest BCUT2D eigenvalue weighted by Gasteiger charge is -2.02. The molecule has 0 fully saturated rings. The van der Waals surface area contributed by atoms with Gasteiger partial charge in [-0.15, -0.1) is 22.7 Å². The van der Waals surface area contributed by atoms with Crippen LogP contribution in [0.2, 0.25) is 0 Å². The zero-order valence-corrected chi connectivity index (χ0v) is 12.6. The second kappa shape index (κ2) is 5.29. The van der Waals surface area contributed by atoms with Gasteiger partial charge in [-0.3, -0.25) is 0 Å². The van der Waals surface area contributed by atoms with Crippen molar-refractivity contribution in [2.45, 2.75) is 13.1 Å². The molecule has 0 saturated heterocycles. The number of rotatable bonds is 2. The molecule has 0 unspecified atom stereocenters. The summed E-state index contributed by atoms with van der Waals surface area (Å²) in [7, 11) is 0. The Morgan fingerprint density at radius 1 is 1.14 bits per heavy atom. The zero-order valence-electron chi connectivity index (χ0n) is 10.9. The van der Waals surface area contributed by atoms with Gasteiger partial charge in [0.2, 0.25) is 5.88 Å². The minimum Gasteiger partial charge on any atom is -0.493 e. The Balaban J connectivity index is 2.04. The normalized spacial score (nSPS) is 11.8. The van der Waals surface area contributed by atoms with Crippen LogP contribution in [0.5, 0.6) is 5.88 Å². The highest BCUT2D eigenvalue weighted by molar-refractivity contribution is 7.15. The fourth-order valence-corrected chi connectivity index (χ4v) is 3.10. The quantitative estimate of drug-likeness (QED) is 0.766. The molecule has 3 aromatic rings. The van der Waals surface area contributed by atoms with E-state index in [4.69, 9.17) is 0 Å². The summed E-state index contributed by atoms with van der Waals surface area (Å²) in [6, 6.07) is 1.31. The van der Waals surface area contributed by atoms with Gasteiger partial charge in [0, 0.05) is 22.5 Å². The maximum absolute atomic E-state index is 12.6. The summed E-state index contributed by atoms with van der Waals surface area (Å²) in [4.78, 5) is 16.4. The highest BCUT2D eigenvalue weighted by Crippen LogP contribution is 2.34. The number of halogens is 3. The van der Waals surface area contributed by atoms with Gasteiger partial charge in [-0.25, -0.2) is 15.0 Å². The van der Waals surface area contributed by atoms with Crippen LogP contribution < -0.4 is 0 Å². The maximum Gasteiger partial charge on any atom is 0.434 e. The summed E-state index contributed by atoms with van der Waals surface area (Å²) in [6.45, 7) is 1.86. The summed E-state index contributed by atoms with van der Waals surface area (Å²) in [5.41, 5.74) is -0.671. The Bertz CT molecular complexity index is 828. The number of nitrogens with zero attached hydrogens (tertiary/aromatic N) is 4. The minimum absolute atomic E-state index is 0.0160. The standard InChI is InChI=1S/C12H7F3N4OS2/c1-5-3-16-10(22-5)6-2-8(20)19-9(17-6)11-18-7(4-21-11)12(13,14)15/h2-4H,1H3,(H,17,19,20). The average molecular weight is 344 g/mol. The van der Waals surface area contributed by atoms with Crippen LogP contribution in [0.1, 0.15) is 10.6 Å². The van der Waals surface area contributed by atoms with Crippen molar-refractivity contribution in [3.8, 4) is 27.4 Å². The van der Waals surface area contributed by atoms with Gasteiger partial charge in [0.1, 0.15) is 10.7 Å². The molecule has 114 valence electrons. The molecule has 3 heterocycles. The van der Waals surface area contributed by atoms with Gasteiger partial charge in [0.15, 0.2) is 16.5 Å². The first kappa shape index (κ1) is 14.9. The lowest BCUT2D eigenvalue weighted by atomic mass is 10.4. The third-order valence-corrected chi connectivity index (χ3v) is 4.31. The molecule has 5 nitrogen and oxygen atoms in total. The number of thiazole rings is 2. The van der Waals surface area contributed by atoms with Crippen molar-refractivity contribution in [3.63, 3.8) is 0 Å². The maximum atomic E-state index is 12.6. The van der Waals surface area contributed by atoms with Crippen LogP contribution in [0.15, 0.2) is 17.6 Å². The monoisotopic (exact) mass is 344 g/mol. The number of alkyl halides is 3. The first-order valence-corrected chi connectivity index (χ1v) is 7.56. The van der Waals surface area contributed by atoms with Crippen molar-refractivity contribution in [1.82, 2.24) is 19.9 Å². The number of aryl methyl sites for hydroxylation is 1. The highest BCUT2D eigenvalue weighted by Gasteiger charge is 2.34. The lowest BCUT2D eigenvalue weighted by molar-refractivity contribution is -0.140. The first-order chi connectivity index (χ1) is 10.3. The topological polar surface area (TPSA) is 71.8 Å². The van der Waals surface area contributed by atoms with Crippen molar-refractivity contribution in [2.24, 2.45) is 0 Å². The van der Waals surface area contributed by atoms with Gasteiger partial charge < -0.3 is 5.11 Å². The number of aromatic hydroxyl groups is 1. The smallest absolute Gasteiger partial charge is 0.434 e. The van der Waals surface area contributed by atoms with Crippen molar-refractivity contribution < 1.29 is 18.3 Å². The van der Waals surface area contributed by atoms with Crippen LogP contribution in [0, 0.1) is 6.92 Å². The molecule has 0 aliphatic carbocycles. The molecule has 0 aliphatic heterocycles. The van der Waals surface area contributed by atoms with Crippen LogP contribution in [0.4, 0.5) is 13.2 Å². The SMILES string of the molecule is Cc1cnc(-c2cc(O)nc(-c3nc(C(F)(F)F)cs3)n2)s1. The van der Waals surface area contributed by atoms with Crippen molar-refractivity contribution in [3.05, 3.63) is 28.2 Å². The molecular weight excluding hydrogens is 337 g/mol. The van der Waals surface area contributed by atoms with E-state index >= 15 is 0 Å². The molecule has 0 bridgehead atoms. The zero-order chi connectivity index (χ0) is 15.9. The van der Waals surface area contributed by atoms with E-state index in [9.17, 15) is 18.3 Å². The minimum atomic E-state index is -4.53. The second-order valence-corrected chi connectivity index (χ2v) is 6.34. The lowest BCUT2D eigenvalue weighted by Crippen LogP contribution is -2.05. The third kappa shape index (κ3) is 2.92. The molecule has 10 heteroatoms. The van der Waals surface area contributed by atoms with Gasteiger partial charge in [0.05, 0.1) is 0 Å². The molecule has 0 aliphatic rings. The Morgan fingerprint density at radius 3 is 2.50 bits per heavy atom. The molecule has 3 rings (SSSR count). The van der Waals surface area contributed by atoms with Gasteiger partial charge in [-0.2, -0.15) is 18.2 Å². The predicted octanol–water partition coefficient (Wildman–Crippen LogP) is 3.76. The van der Waals surface area contributed by atoms with Gasteiger partial charge in [-0.05, 0) is 6.92 Å². The number of aromatic nitrogens is 4. The van der Waals surface area contributed by atoms with E-state index in [1.807, 2.05) is 6.92 Å². The fourth-order valence-electron chi connectivity index (χ4n) is 1.62. The summed E-state index contributed by atoms with van der Waals surface area (Å²) in [5.74, 6) is -0.417. The Morgan fingerprint density at radius 2 is 1.91 bits per heavy atom. The van der Waals surface area contributed by atoms with E-state index in [-0.39, 0.29) is 16.7 Å². The Labute approximate surface area is 130 Å². The van der Waals surface area contributed by atoms with E-state index in [0.717, 1.165) is 21.6 Å². The molecule has 0 spiro atoms. The molecule has 0 amide bonds. The van der Waals surface area contributed by atoms with E-state index in [1.165, 1.54) is 17.4 Å². The van der Waals surface area contributed by atoms with E-state index in [2.05, 4.69) is 19.9 Å². The molecule has 0 radical (unpaired) electrons. The number of hydrogen-bond acceptors (Lipinski definition) is 7. The summed E-state index contributed by atoms with van der Waals surface area (Å²) < 4.78 is 37.8. The van der Waals surface area contributed by atoms with Crippen LogP contribution in [0.25, 0.3) is 21.5 Å². The Kier molecular flexibility index (Phi) is 3.57. The van der Waals surface area contributed by atoms with Gasteiger partial charge >= 0.3 is 6.18 Å². The van der Waals surface area contributed by atoms with Crippen LogP contribution >= 0.6 is 22.7 Å². The fraction of sp³-hybridized carbons (Fsp3) is 0.167. The molecule has 0 atom stereocenters. The van der Waals surface area contributed by atoms with Crippen molar-refractivity contribution in [2.75, 3.05) is 0 Å². The molecule has 22 heavy (non-hydrogen) atoms. The van der Waals surface area contributed by atoms with Gasteiger partial charge in [0.25, 0.3) is 0 Å². The highest BCUT2D eigenvalue weighted by atomic mass is 32.1. The molecule has 3 aromatic heterocycles. The Hall–Kier alpha value is -2.07. The largest absolute Gasteiger partial charge is 0.493 e. The van der Waals surface area contributed by atoms with Crippen molar-refractivity contribution >= 4 is 22.7 Å². The molecule has 0 saturated carbocycles. The third-order valence-electron chi connectivity index (χ3n) is 2.54. The van der Waals surface area contributed by atoms with Crippen LogP contribution in [0.3, 0.4) is 0 Å². The van der Waals surface area contributed by atoms with Crippen LogP contribution in [-0.4, -0.2) is 25.0 Å². The van der Waals surface area contributed by atoms with Gasteiger partial charge in [-0.1, -0.05) is 0 Å². The van der Waals surface area contributed by atoms with Crippen LogP contribution in [-0.2, 0) is 6.18 Å². The molecule has 1 N–H and O–H groups in total. The summed E-state index contributed by atoms with van der Waals surface area (Å²) in [6.07, 6.45) is -2.88. The molecule has 0 aromatic carbocycles. The van der Waals surface area contributed by atoms with Crippen molar-refractivity contribution in [1.29, 1.82) is 0 Å². The van der Waals surface area contributed by atoms with E-state index in [1.54, 1.807) is 6.20 Å². The average Bonchev–Trinajstić information content (AvgIpc) is 3.05. The molecular formula is C12H7F3N4OS2. The first-order valence-electron chi connectivity index (χ1n) is 5.87. The predicted molar refractivity (Wildman–Crippen MR) is 75.7 cm³/mol. The summed E-state index contributed by atoms with van der Waals surface area (Å²) in [5, 5.41) is 11.1. The van der Waals surface area contributed by atoms with E-state index < -0.39 is 11.9 Å². The summed E-state index contributed by atoms with van der Waals surface area (Å²) >= 11 is 2.12. The van der Waals surface area contributed by atoms with E-state index in [0.29, 0.717) is 10.7 Å². The second-order valence-electron chi connectivity index (χ2n) is 4.25. The number of hydrogen-bond donors (Lipinski definition) is 1.